The maximum absolute atomic E-state index is 6.37. The molecule has 1 aromatic carbocycles. The van der Waals surface area contributed by atoms with Gasteiger partial charge in [-0.2, -0.15) is 0 Å². The van der Waals surface area contributed by atoms with E-state index in [1.807, 2.05) is 0 Å². The first-order valence-electron chi connectivity index (χ1n) is 8.22. The second kappa shape index (κ2) is 5.77. The van der Waals surface area contributed by atoms with Gasteiger partial charge in [-0.1, -0.05) is 25.0 Å². The fraction of sp³-hybridized carbons (Fsp3) is 0.667. The molecule has 2 aliphatic carbocycles. The van der Waals surface area contributed by atoms with Crippen molar-refractivity contribution in [2.24, 2.45) is 5.73 Å². The molecule has 0 aromatic heterocycles. The number of hydrogen-bond acceptors (Lipinski definition) is 2. The molecule has 2 saturated carbocycles. The Kier molecular flexibility index (Phi) is 4.02. The number of nitrogens with two attached hydrogens (primary N) is 1. The topological polar surface area (TPSA) is 35.2 Å². The molecule has 3 rings (SSSR count). The minimum Gasteiger partial charge on any atom is -0.490 e. The van der Waals surface area contributed by atoms with E-state index in [2.05, 4.69) is 25.1 Å². The maximum Gasteiger partial charge on any atom is 0.123 e. The van der Waals surface area contributed by atoms with Crippen molar-refractivity contribution in [2.75, 3.05) is 6.54 Å². The van der Waals surface area contributed by atoms with Crippen LogP contribution in [-0.4, -0.2) is 12.6 Å². The van der Waals surface area contributed by atoms with Gasteiger partial charge < -0.3 is 10.5 Å². The van der Waals surface area contributed by atoms with Crippen LogP contribution in [0.3, 0.4) is 0 Å². The molecule has 0 saturated heterocycles. The SMILES string of the molecule is Cc1cccc(OC2CCCC2)c1C1(CN)CCCC1. The van der Waals surface area contributed by atoms with Gasteiger partial charge in [-0.15, -0.1) is 0 Å². The summed E-state index contributed by atoms with van der Waals surface area (Å²) in [7, 11) is 0. The van der Waals surface area contributed by atoms with Crippen molar-refractivity contribution in [3.8, 4) is 5.75 Å². The molecule has 2 nitrogen and oxygen atoms in total. The van der Waals surface area contributed by atoms with Crippen LogP contribution in [0, 0.1) is 6.92 Å². The fourth-order valence-electron chi connectivity index (χ4n) is 4.21. The predicted octanol–water partition coefficient (Wildman–Crippen LogP) is 4.09. The lowest BCUT2D eigenvalue weighted by Crippen LogP contribution is -2.33. The van der Waals surface area contributed by atoms with Crippen LogP contribution >= 0.6 is 0 Å². The van der Waals surface area contributed by atoms with Crippen molar-refractivity contribution in [2.45, 2.75) is 69.8 Å². The zero-order valence-corrected chi connectivity index (χ0v) is 12.7. The summed E-state index contributed by atoms with van der Waals surface area (Å²) in [5, 5.41) is 0. The summed E-state index contributed by atoms with van der Waals surface area (Å²) in [6.07, 6.45) is 10.5. The third-order valence-corrected chi connectivity index (χ3v) is 5.31. The van der Waals surface area contributed by atoms with E-state index in [0.717, 1.165) is 12.3 Å². The summed E-state index contributed by atoms with van der Waals surface area (Å²) in [6.45, 7) is 2.96. The standard InChI is InChI=1S/C18H27NO/c1-14-7-6-10-16(20-15-8-2-3-9-15)17(14)18(13-19)11-4-5-12-18/h6-7,10,15H,2-5,8-9,11-13,19H2,1H3. The molecule has 2 N–H and O–H groups in total. The van der Waals surface area contributed by atoms with E-state index < -0.39 is 0 Å². The summed E-state index contributed by atoms with van der Waals surface area (Å²) in [5.41, 5.74) is 9.12. The highest BCUT2D eigenvalue weighted by Gasteiger charge is 2.38. The molecule has 110 valence electrons. The number of benzene rings is 1. The molecule has 2 heteroatoms. The Morgan fingerprint density at radius 3 is 2.50 bits per heavy atom. The molecule has 0 atom stereocenters. The quantitative estimate of drug-likeness (QED) is 0.897. The third kappa shape index (κ3) is 2.46. The van der Waals surface area contributed by atoms with Crippen molar-refractivity contribution in [1.82, 2.24) is 0 Å². The summed E-state index contributed by atoms with van der Waals surface area (Å²) in [5.74, 6) is 1.12. The first-order valence-corrected chi connectivity index (χ1v) is 8.22. The third-order valence-electron chi connectivity index (χ3n) is 5.31. The van der Waals surface area contributed by atoms with Gasteiger partial charge in [-0.3, -0.25) is 0 Å². The number of rotatable bonds is 4. The summed E-state index contributed by atoms with van der Waals surface area (Å²) < 4.78 is 6.37. The Balaban J connectivity index is 1.95. The van der Waals surface area contributed by atoms with Crippen molar-refractivity contribution in [3.05, 3.63) is 29.3 Å². The Labute approximate surface area is 122 Å². The Morgan fingerprint density at radius 2 is 1.85 bits per heavy atom. The minimum absolute atomic E-state index is 0.166. The van der Waals surface area contributed by atoms with Crippen molar-refractivity contribution in [1.29, 1.82) is 0 Å². The first kappa shape index (κ1) is 13.9. The molecule has 0 aliphatic heterocycles. The largest absolute Gasteiger partial charge is 0.490 e. The van der Waals surface area contributed by atoms with Gasteiger partial charge in [0.1, 0.15) is 5.75 Å². The van der Waals surface area contributed by atoms with Crippen LogP contribution in [0.15, 0.2) is 18.2 Å². The van der Waals surface area contributed by atoms with Crippen LogP contribution in [0.2, 0.25) is 0 Å². The van der Waals surface area contributed by atoms with Crippen LogP contribution in [0.5, 0.6) is 5.75 Å². The van der Waals surface area contributed by atoms with E-state index in [1.54, 1.807) is 0 Å². The van der Waals surface area contributed by atoms with E-state index in [0.29, 0.717) is 6.10 Å². The lowest BCUT2D eigenvalue weighted by Gasteiger charge is -2.32. The lowest BCUT2D eigenvalue weighted by atomic mass is 9.76. The molecule has 0 bridgehead atoms. The molecule has 1 aromatic rings. The van der Waals surface area contributed by atoms with Crippen LogP contribution in [0.4, 0.5) is 0 Å². The zero-order chi connectivity index (χ0) is 14.0. The molecule has 0 spiro atoms. The highest BCUT2D eigenvalue weighted by atomic mass is 16.5. The van der Waals surface area contributed by atoms with Gasteiger partial charge in [-0.05, 0) is 57.1 Å². The average Bonchev–Trinajstić information content (AvgIpc) is 3.11. The molecule has 0 amide bonds. The summed E-state index contributed by atoms with van der Waals surface area (Å²) in [4.78, 5) is 0. The molecule has 0 heterocycles. The second-order valence-electron chi connectivity index (χ2n) is 6.66. The normalized spacial score (nSPS) is 22.3. The zero-order valence-electron chi connectivity index (χ0n) is 12.7. The van der Waals surface area contributed by atoms with Gasteiger partial charge in [0.25, 0.3) is 0 Å². The monoisotopic (exact) mass is 273 g/mol. The van der Waals surface area contributed by atoms with Crippen LogP contribution < -0.4 is 10.5 Å². The smallest absolute Gasteiger partial charge is 0.123 e. The fourth-order valence-corrected chi connectivity index (χ4v) is 4.21. The van der Waals surface area contributed by atoms with Gasteiger partial charge in [0.05, 0.1) is 6.10 Å². The summed E-state index contributed by atoms with van der Waals surface area (Å²) >= 11 is 0. The van der Waals surface area contributed by atoms with Gasteiger partial charge in [-0.25, -0.2) is 0 Å². The van der Waals surface area contributed by atoms with Crippen LogP contribution in [0.1, 0.15) is 62.5 Å². The van der Waals surface area contributed by atoms with Gasteiger partial charge >= 0.3 is 0 Å². The average molecular weight is 273 g/mol. The Bertz CT molecular complexity index is 456. The van der Waals surface area contributed by atoms with Gasteiger partial charge in [0.2, 0.25) is 0 Å². The predicted molar refractivity (Wildman–Crippen MR) is 83.3 cm³/mol. The van der Waals surface area contributed by atoms with Crippen LogP contribution in [0.25, 0.3) is 0 Å². The Hall–Kier alpha value is -1.02. The van der Waals surface area contributed by atoms with Crippen molar-refractivity contribution < 1.29 is 4.74 Å². The van der Waals surface area contributed by atoms with E-state index in [9.17, 15) is 0 Å². The van der Waals surface area contributed by atoms with E-state index in [4.69, 9.17) is 10.5 Å². The molecule has 2 aliphatic rings. The number of ether oxygens (including phenoxy) is 1. The van der Waals surface area contributed by atoms with E-state index >= 15 is 0 Å². The van der Waals surface area contributed by atoms with Crippen molar-refractivity contribution in [3.63, 3.8) is 0 Å². The summed E-state index contributed by atoms with van der Waals surface area (Å²) in [6, 6.07) is 6.51. The van der Waals surface area contributed by atoms with Gasteiger partial charge in [0, 0.05) is 17.5 Å². The first-order chi connectivity index (χ1) is 9.75. The lowest BCUT2D eigenvalue weighted by molar-refractivity contribution is 0.203. The van der Waals surface area contributed by atoms with Gasteiger partial charge in [0.15, 0.2) is 0 Å². The molecule has 20 heavy (non-hydrogen) atoms. The Morgan fingerprint density at radius 1 is 1.15 bits per heavy atom. The number of aryl methyl sites for hydroxylation is 1. The number of hydrogen-bond donors (Lipinski definition) is 1. The second-order valence-corrected chi connectivity index (χ2v) is 6.66. The molecule has 0 radical (unpaired) electrons. The van der Waals surface area contributed by atoms with E-state index in [-0.39, 0.29) is 5.41 Å². The maximum atomic E-state index is 6.37. The molecular formula is C18H27NO. The van der Waals surface area contributed by atoms with E-state index in [1.165, 1.54) is 62.5 Å². The van der Waals surface area contributed by atoms with Crippen LogP contribution in [-0.2, 0) is 5.41 Å². The molecule has 0 unspecified atom stereocenters. The highest BCUT2D eigenvalue weighted by Crippen LogP contribution is 2.46. The minimum atomic E-state index is 0.166. The highest BCUT2D eigenvalue weighted by molar-refractivity contribution is 5.46. The molecule has 2 fully saturated rings. The molecular weight excluding hydrogens is 246 g/mol. The van der Waals surface area contributed by atoms with Crippen molar-refractivity contribution >= 4 is 0 Å².